The van der Waals surface area contributed by atoms with Crippen molar-refractivity contribution in [3.8, 4) is 16.9 Å². The van der Waals surface area contributed by atoms with Crippen molar-refractivity contribution in [3.63, 3.8) is 0 Å². The molecule has 0 aromatic heterocycles. The van der Waals surface area contributed by atoms with E-state index in [2.05, 4.69) is 10.6 Å². The molecule has 1 atom stereocenters. The number of carbonyl (C=O) groups excluding carboxylic acids is 6. The maximum atomic E-state index is 13.5. The molecule has 0 spiro atoms. The van der Waals surface area contributed by atoms with Gasteiger partial charge in [-0.15, -0.1) is 0 Å². The maximum absolute atomic E-state index is 13.5. The first-order valence-corrected chi connectivity index (χ1v) is 18.6. The molecule has 1 unspecified atom stereocenters. The van der Waals surface area contributed by atoms with Crippen LogP contribution in [-0.4, -0.2) is 76.7 Å². The Labute approximate surface area is 322 Å². The Hall–Kier alpha value is -6.63. The van der Waals surface area contributed by atoms with E-state index in [1.165, 1.54) is 18.2 Å². The summed E-state index contributed by atoms with van der Waals surface area (Å²) in [6.07, 6.45) is 2.34. The molecular formula is C43H40N4O9. The van der Waals surface area contributed by atoms with Crippen molar-refractivity contribution in [3.05, 3.63) is 118 Å². The van der Waals surface area contributed by atoms with Gasteiger partial charge in [-0.1, -0.05) is 36.4 Å². The fourth-order valence-electron chi connectivity index (χ4n) is 7.02. The third-order valence-electron chi connectivity index (χ3n) is 10.2. The van der Waals surface area contributed by atoms with Crippen LogP contribution < -0.4 is 20.3 Å². The molecule has 56 heavy (non-hydrogen) atoms. The highest BCUT2D eigenvalue weighted by Gasteiger charge is 2.46. The second-order valence-electron chi connectivity index (χ2n) is 14.2. The summed E-state index contributed by atoms with van der Waals surface area (Å²) in [4.78, 5) is 90.7. The zero-order chi connectivity index (χ0) is 39.5. The number of aryl methyl sites for hydroxylation is 1. The van der Waals surface area contributed by atoms with Crippen molar-refractivity contribution in [2.75, 3.05) is 18.1 Å². The van der Waals surface area contributed by atoms with E-state index >= 15 is 0 Å². The minimum absolute atomic E-state index is 0.00546. The van der Waals surface area contributed by atoms with E-state index in [9.17, 15) is 38.7 Å². The third-order valence-corrected chi connectivity index (χ3v) is 10.2. The standard InChI is InChI=1S/C43H40N4O9/c1-25-8-9-29(39(50)44-30-16-17-30)24-33(25)26-10-12-27(13-11-26)38(49)28-14-18-31(19-15-28)56-23-4-2-3-22-46(43(54)55)34-7-5-6-32-37(34)42(53)47(41(32)52)35-20-21-36(48)45-40(35)51/h5-15,18-19,24,30,35H,2-4,16-17,20-23H2,1H3,(H,44,50)(H,54,55)(H,45,48,51). The van der Waals surface area contributed by atoms with Crippen LogP contribution in [0.2, 0.25) is 0 Å². The van der Waals surface area contributed by atoms with Gasteiger partial charge < -0.3 is 15.2 Å². The Balaban J connectivity index is 0.897. The molecule has 2 aliphatic heterocycles. The molecule has 1 saturated carbocycles. The smallest absolute Gasteiger partial charge is 0.411 e. The maximum Gasteiger partial charge on any atom is 0.411 e. The molecule has 2 heterocycles. The predicted molar refractivity (Wildman–Crippen MR) is 205 cm³/mol. The second-order valence-corrected chi connectivity index (χ2v) is 14.2. The second kappa shape index (κ2) is 16.0. The van der Waals surface area contributed by atoms with Gasteiger partial charge in [0.15, 0.2) is 5.78 Å². The summed E-state index contributed by atoms with van der Waals surface area (Å²) >= 11 is 0. The van der Waals surface area contributed by atoms with Crippen molar-refractivity contribution in [1.82, 2.24) is 15.5 Å². The Kier molecular flexibility index (Phi) is 10.8. The lowest BCUT2D eigenvalue weighted by Crippen LogP contribution is -2.54. The van der Waals surface area contributed by atoms with E-state index in [-0.39, 0.29) is 53.9 Å². The lowest BCUT2D eigenvalue weighted by molar-refractivity contribution is -0.136. The van der Waals surface area contributed by atoms with Crippen LogP contribution in [0.25, 0.3) is 11.1 Å². The van der Waals surface area contributed by atoms with Crippen molar-refractivity contribution >= 4 is 47.1 Å². The molecule has 7 rings (SSSR count). The number of nitrogens with one attached hydrogen (secondary N) is 2. The average Bonchev–Trinajstić information content (AvgIpc) is 3.98. The SMILES string of the molecule is Cc1ccc(C(=O)NC2CC2)cc1-c1ccc(C(=O)c2ccc(OCCCCCN(C(=O)O)c3cccc4c3C(=O)N(C3CCC(=O)NC3=O)C4=O)cc2)cc1. The number of nitrogens with zero attached hydrogens (tertiary/aromatic N) is 2. The lowest BCUT2D eigenvalue weighted by Gasteiger charge is -2.28. The predicted octanol–water partition coefficient (Wildman–Crippen LogP) is 5.92. The van der Waals surface area contributed by atoms with Crippen LogP contribution in [0, 0.1) is 6.92 Å². The van der Waals surface area contributed by atoms with Crippen molar-refractivity contribution in [2.24, 2.45) is 0 Å². The topological polar surface area (TPSA) is 179 Å². The van der Waals surface area contributed by atoms with Gasteiger partial charge in [0, 0.05) is 35.7 Å². The zero-order valence-corrected chi connectivity index (χ0v) is 30.7. The van der Waals surface area contributed by atoms with Gasteiger partial charge in [0.25, 0.3) is 17.7 Å². The highest BCUT2D eigenvalue weighted by atomic mass is 16.5. The summed E-state index contributed by atoms with van der Waals surface area (Å²) in [6.45, 7) is 2.38. The molecule has 13 nitrogen and oxygen atoms in total. The number of ether oxygens (including phenoxy) is 1. The molecule has 4 aromatic carbocycles. The summed E-state index contributed by atoms with van der Waals surface area (Å²) in [6, 6.07) is 23.3. The highest BCUT2D eigenvalue weighted by Crippen LogP contribution is 2.35. The zero-order valence-electron chi connectivity index (χ0n) is 30.7. The van der Waals surface area contributed by atoms with Crippen molar-refractivity contribution < 1.29 is 43.4 Å². The normalized spacial score (nSPS) is 16.3. The quantitative estimate of drug-likeness (QED) is 0.0800. The van der Waals surface area contributed by atoms with Gasteiger partial charge in [0.05, 0.1) is 23.4 Å². The largest absolute Gasteiger partial charge is 0.494 e. The number of unbranched alkanes of at least 4 members (excludes halogenated alkanes) is 2. The number of ketones is 1. The molecule has 0 radical (unpaired) electrons. The molecule has 1 saturated heterocycles. The van der Waals surface area contributed by atoms with Crippen LogP contribution in [0.4, 0.5) is 10.5 Å². The number of hydrogen-bond donors (Lipinski definition) is 3. The Bertz CT molecular complexity index is 2250. The van der Waals surface area contributed by atoms with Crippen LogP contribution in [0.15, 0.2) is 84.9 Å². The Morgan fingerprint density at radius 2 is 1.52 bits per heavy atom. The molecule has 3 aliphatic rings. The lowest BCUT2D eigenvalue weighted by atomic mass is 9.95. The highest BCUT2D eigenvalue weighted by molar-refractivity contribution is 6.26. The minimum Gasteiger partial charge on any atom is -0.494 e. The molecule has 6 amide bonds. The van der Waals surface area contributed by atoms with E-state index in [1.54, 1.807) is 36.4 Å². The number of rotatable bonds is 14. The molecule has 1 aliphatic carbocycles. The Morgan fingerprint density at radius 3 is 2.20 bits per heavy atom. The van der Waals surface area contributed by atoms with E-state index < -0.39 is 35.8 Å². The van der Waals surface area contributed by atoms with E-state index in [1.807, 2.05) is 37.3 Å². The summed E-state index contributed by atoms with van der Waals surface area (Å²) in [5, 5.41) is 15.2. The molecule has 4 aromatic rings. The van der Waals surface area contributed by atoms with Gasteiger partial charge in [-0.05, 0) is 111 Å². The number of fused-ring (bicyclic) bond motifs is 1. The van der Waals surface area contributed by atoms with E-state index in [0.29, 0.717) is 48.3 Å². The summed E-state index contributed by atoms with van der Waals surface area (Å²) in [7, 11) is 0. The summed E-state index contributed by atoms with van der Waals surface area (Å²) in [5.74, 6) is -2.35. The fourth-order valence-corrected chi connectivity index (χ4v) is 7.02. The Morgan fingerprint density at radius 1 is 0.821 bits per heavy atom. The summed E-state index contributed by atoms with van der Waals surface area (Å²) < 4.78 is 5.87. The number of piperidine rings is 1. The molecule has 286 valence electrons. The molecule has 0 bridgehead atoms. The first kappa shape index (κ1) is 37.7. The molecule has 3 N–H and O–H groups in total. The van der Waals surface area contributed by atoms with Crippen LogP contribution in [-0.2, 0) is 9.59 Å². The first-order valence-electron chi connectivity index (χ1n) is 18.6. The minimum atomic E-state index is -1.30. The number of hydrogen-bond acceptors (Lipinski definition) is 8. The first-order chi connectivity index (χ1) is 27.0. The van der Waals surface area contributed by atoms with Gasteiger partial charge >= 0.3 is 6.09 Å². The van der Waals surface area contributed by atoms with Crippen LogP contribution in [0.5, 0.6) is 5.75 Å². The van der Waals surface area contributed by atoms with Gasteiger partial charge in [0.1, 0.15) is 11.8 Å². The van der Waals surface area contributed by atoms with E-state index in [0.717, 1.165) is 39.3 Å². The van der Waals surface area contributed by atoms with E-state index in [4.69, 9.17) is 4.74 Å². The van der Waals surface area contributed by atoms with Crippen molar-refractivity contribution in [2.45, 2.75) is 64.0 Å². The van der Waals surface area contributed by atoms with Crippen LogP contribution in [0.1, 0.15) is 97.5 Å². The van der Waals surface area contributed by atoms with Gasteiger partial charge in [0.2, 0.25) is 11.8 Å². The number of anilines is 1. The number of imide groups is 2. The number of amides is 6. The molecule has 2 fully saturated rings. The number of carboxylic acid groups (broad SMARTS) is 1. The average molecular weight is 757 g/mol. The van der Waals surface area contributed by atoms with Gasteiger partial charge in [-0.3, -0.25) is 43.9 Å². The fraction of sp³-hybridized carbons (Fsp3) is 0.279. The van der Waals surface area contributed by atoms with Crippen LogP contribution >= 0.6 is 0 Å². The third kappa shape index (κ3) is 7.92. The number of carbonyl (C=O) groups is 7. The number of benzene rings is 4. The van der Waals surface area contributed by atoms with Crippen LogP contribution in [0.3, 0.4) is 0 Å². The van der Waals surface area contributed by atoms with Crippen molar-refractivity contribution in [1.29, 1.82) is 0 Å². The molecule has 13 heteroatoms. The molecular weight excluding hydrogens is 716 g/mol. The monoisotopic (exact) mass is 756 g/mol. The van der Waals surface area contributed by atoms with Gasteiger partial charge in [-0.2, -0.15) is 0 Å². The van der Waals surface area contributed by atoms with Gasteiger partial charge in [-0.25, -0.2) is 4.79 Å². The summed E-state index contributed by atoms with van der Waals surface area (Å²) in [5.41, 5.74) is 4.48.